The highest BCUT2D eigenvalue weighted by Gasteiger charge is 2.38. The molecule has 1 amide bonds. The van der Waals surface area contributed by atoms with E-state index in [9.17, 15) is 14.0 Å². The Morgan fingerprint density at radius 2 is 1.82 bits per heavy atom. The second-order valence-electron chi connectivity index (χ2n) is 5.08. The Balaban J connectivity index is 1.74. The zero-order chi connectivity index (χ0) is 15.7. The van der Waals surface area contributed by atoms with Crippen molar-refractivity contribution in [1.82, 2.24) is 9.88 Å². The molecule has 1 aliphatic heterocycles. The molecule has 5 nitrogen and oxygen atoms in total. The highest BCUT2D eigenvalue weighted by atomic mass is 19.1. The van der Waals surface area contributed by atoms with E-state index in [1.165, 1.54) is 35.4 Å². The van der Waals surface area contributed by atoms with Crippen molar-refractivity contribution in [3.63, 3.8) is 0 Å². The number of likely N-dealkylation sites (tertiary alicyclic amines) is 1. The molecule has 1 saturated heterocycles. The lowest BCUT2D eigenvalue weighted by Gasteiger charge is -2.09. The summed E-state index contributed by atoms with van der Waals surface area (Å²) in [6, 6.07) is 8.95. The molecule has 1 unspecified atom stereocenters. The summed E-state index contributed by atoms with van der Waals surface area (Å²) in [4.78, 5) is 28.9. The standard InChI is InChI=1S/C16H13FN2O3/c1-19-9-13(15(20)16(19)21)14-7-6-12(8-18-14)22-11-4-2-10(17)3-5-11/h2-8,13H,9H2,1H3. The Bertz CT molecular complexity index is 713. The number of ether oxygens (including phenoxy) is 1. The van der Waals surface area contributed by atoms with Crippen molar-refractivity contribution in [2.24, 2.45) is 0 Å². The number of aromatic nitrogens is 1. The van der Waals surface area contributed by atoms with Gasteiger partial charge >= 0.3 is 0 Å². The fourth-order valence-electron chi connectivity index (χ4n) is 2.30. The minimum absolute atomic E-state index is 0.336. The third-order valence-electron chi connectivity index (χ3n) is 3.50. The van der Waals surface area contributed by atoms with Gasteiger partial charge < -0.3 is 9.64 Å². The highest BCUT2D eigenvalue weighted by Crippen LogP contribution is 2.26. The minimum atomic E-state index is -0.530. The van der Waals surface area contributed by atoms with Crippen molar-refractivity contribution in [2.45, 2.75) is 5.92 Å². The van der Waals surface area contributed by atoms with Crippen LogP contribution in [0, 0.1) is 5.82 Å². The maximum atomic E-state index is 12.8. The average Bonchev–Trinajstić information content (AvgIpc) is 2.78. The van der Waals surface area contributed by atoms with Crippen molar-refractivity contribution < 1.29 is 18.7 Å². The van der Waals surface area contributed by atoms with Gasteiger partial charge in [-0.15, -0.1) is 0 Å². The van der Waals surface area contributed by atoms with Gasteiger partial charge in [0.25, 0.3) is 5.91 Å². The van der Waals surface area contributed by atoms with E-state index in [0.29, 0.717) is 23.7 Å². The number of halogens is 1. The third-order valence-corrected chi connectivity index (χ3v) is 3.50. The van der Waals surface area contributed by atoms with Crippen LogP contribution >= 0.6 is 0 Å². The average molecular weight is 300 g/mol. The molecule has 1 aromatic carbocycles. The van der Waals surface area contributed by atoms with E-state index in [0.717, 1.165) is 0 Å². The predicted molar refractivity (Wildman–Crippen MR) is 76.1 cm³/mol. The molecule has 2 aromatic rings. The number of pyridine rings is 1. The quantitative estimate of drug-likeness (QED) is 0.815. The second-order valence-corrected chi connectivity index (χ2v) is 5.08. The van der Waals surface area contributed by atoms with Crippen LogP contribution in [-0.4, -0.2) is 35.2 Å². The summed E-state index contributed by atoms with van der Waals surface area (Å²) >= 11 is 0. The predicted octanol–water partition coefficient (Wildman–Crippen LogP) is 2.14. The number of likely N-dealkylation sites (N-methyl/N-ethyl adjacent to an activating group) is 1. The van der Waals surface area contributed by atoms with Crippen molar-refractivity contribution in [3.05, 3.63) is 54.1 Å². The maximum absolute atomic E-state index is 12.8. The van der Waals surface area contributed by atoms with Crippen LogP contribution in [0.1, 0.15) is 11.6 Å². The second kappa shape index (κ2) is 5.55. The zero-order valence-corrected chi connectivity index (χ0v) is 11.8. The largest absolute Gasteiger partial charge is 0.456 e. The van der Waals surface area contributed by atoms with Crippen LogP contribution in [0.4, 0.5) is 4.39 Å². The van der Waals surface area contributed by atoms with Gasteiger partial charge in [-0.3, -0.25) is 14.6 Å². The number of ketones is 1. The lowest BCUT2D eigenvalue weighted by Crippen LogP contribution is -2.22. The van der Waals surface area contributed by atoms with Gasteiger partial charge in [0.1, 0.15) is 17.3 Å². The Kier molecular flexibility index (Phi) is 3.58. The normalized spacial score (nSPS) is 17.9. The minimum Gasteiger partial charge on any atom is -0.456 e. The van der Waals surface area contributed by atoms with Gasteiger partial charge in [0, 0.05) is 13.6 Å². The molecule has 1 atom stereocenters. The van der Waals surface area contributed by atoms with E-state index in [1.807, 2.05) is 0 Å². The fourth-order valence-corrected chi connectivity index (χ4v) is 2.30. The molecule has 6 heteroatoms. The molecule has 2 heterocycles. The molecule has 0 spiro atoms. The van der Waals surface area contributed by atoms with Gasteiger partial charge in [0.05, 0.1) is 17.8 Å². The molecule has 0 aliphatic carbocycles. The van der Waals surface area contributed by atoms with Crippen LogP contribution in [0.3, 0.4) is 0 Å². The number of hydrogen-bond donors (Lipinski definition) is 0. The van der Waals surface area contributed by atoms with Gasteiger partial charge in [-0.05, 0) is 36.4 Å². The van der Waals surface area contributed by atoms with Crippen LogP contribution < -0.4 is 4.74 Å². The Morgan fingerprint density at radius 3 is 2.36 bits per heavy atom. The molecule has 3 rings (SSSR count). The number of Topliss-reactive ketones (excluding diaryl/α,β-unsaturated/α-hetero) is 1. The number of nitrogens with zero attached hydrogens (tertiary/aromatic N) is 2. The van der Waals surface area contributed by atoms with Crippen LogP contribution in [0.15, 0.2) is 42.6 Å². The van der Waals surface area contributed by atoms with Gasteiger partial charge in [-0.1, -0.05) is 0 Å². The molecule has 1 fully saturated rings. The fraction of sp³-hybridized carbons (Fsp3) is 0.188. The molecule has 0 radical (unpaired) electrons. The molecule has 0 N–H and O–H groups in total. The Hall–Kier alpha value is -2.76. The van der Waals surface area contributed by atoms with Crippen molar-refractivity contribution >= 4 is 11.7 Å². The summed E-state index contributed by atoms with van der Waals surface area (Å²) in [6.07, 6.45) is 1.48. The maximum Gasteiger partial charge on any atom is 0.290 e. The molecular weight excluding hydrogens is 287 g/mol. The first-order chi connectivity index (χ1) is 10.5. The monoisotopic (exact) mass is 300 g/mol. The number of benzene rings is 1. The topological polar surface area (TPSA) is 59.5 Å². The SMILES string of the molecule is CN1CC(c2ccc(Oc3ccc(F)cc3)cn2)C(=O)C1=O. The van der Waals surface area contributed by atoms with Crippen LogP contribution in [0.5, 0.6) is 11.5 Å². The molecule has 112 valence electrons. The lowest BCUT2D eigenvalue weighted by molar-refractivity contribution is -0.139. The molecule has 22 heavy (non-hydrogen) atoms. The van der Waals surface area contributed by atoms with E-state index in [-0.39, 0.29) is 5.82 Å². The molecular formula is C16H13FN2O3. The number of carbonyl (C=O) groups is 2. The molecule has 0 saturated carbocycles. The number of amides is 1. The van der Waals surface area contributed by atoms with E-state index in [4.69, 9.17) is 4.74 Å². The first-order valence-electron chi connectivity index (χ1n) is 6.73. The van der Waals surface area contributed by atoms with E-state index < -0.39 is 17.6 Å². The van der Waals surface area contributed by atoms with Crippen LogP contribution in [0.25, 0.3) is 0 Å². The number of hydrogen-bond acceptors (Lipinski definition) is 4. The Morgan fingerprint density at radius 1 is 1.14 bits per heavy atom. The van der Waals surface area contributed by atoms with Gasteiger partial charge in [0.15, 0.2) is 0 Å². The van der Waals surface area contributed by atoms with E-state index in [1.54, 1.807) is 19.2 Å². The first kappa shape index (κ1) is 14.2. The highest BCUT2D eigenvalue weighted by molar-refractivity contribution is 6.40. The third kappa shape index (κ3) is 2.67. The van der Waals surface area contributed by atoms with Crippen molar-refractivity contribution in [2.75, 3.05) is 13.6 Å². The lowest BCUT2D eigenvalue weighted by atomic mass is 10.0. The van der Waals surface area contributed by atoms with Gasteiger partial charge in [-0.2, -0.15) is 0 Å². The molecule has 1 aliphatic rings. The molecule has 1 aromatic heterocycles. The first-order valence-corrected chi connectivity index (χ1v) is 6.73. The Labute approximate surface area is 126 Å². The summed E-state index contributed by atoms with van der Waals surface area (Å²) in [5.41, 5.74) is 0.536. The number of rotatable bonds is 3. The van der Waals surface area contributed by atoms with Crippen molar-refractivity contribution in [1.29, 1.82) is 0 Å². The molecule has 0 bridgehead atoms. The van der Waals surface area contributed by atoms with Crippen LogP contribution in [0.2, 0.25) is 0 Å². The van der Waals surface area contributed by atoms with Gasteiger partial charge in [0.2, 0.25) is 5.78 Å². The summed E-state index contributed by atoms with van der Waals surface area (Å²) < 4.78 is 18.3. The van der Waals surface area contributed by atoms with Crippen molar-refractivity contribution in [3.8, 4) is 11.5 Å². The smallest absolute Gasteiger partial charge is 0.290 e. The summed E-state index contributed by atoms with van der Waals surface area (Å²) in [7, 11) is 1.59. The van der Waals surface area contributed by atoms with Gasteiger partial charge in [-0.25, -0.2) is 4.39 Å². The van der Waals surface area contributed by atoms with Crippen LogP contribution in [-0.2, 0) is 9.59 Å². The van der Waals surface area contributed by atoms with E-state index >= 15 is 0 Å². The number of carbonyl (C=O) groups excluding carboxylic acids is 2. The summed E-state index contributed by atoms with van der Waals surface area (Å²) in [5, 5.41) is 0. The van der Waals surface area contributed by atoms with E-state index in [2.05, 4.69) is 4.98 Å². The summed E-state index contributed by atoms with van der Waals surface area (Å²) in [6.45, 7) is 0.336. The zero-order valence-electron chi connectivity index (χ0n) is 11.8. The summed E-state index contributed by atoms with van der Waals surface area (Å²) in [5.74, 6) is -0.837.